The van der Waals surface area contributed by atoms with Crippen LogP contribution in [-0.2, 0) is 9.53 Å². The Hall–Kier alpha value is -1.64. The Bertz CT molecular complexity index is 828. The average molecular weight is 519 g/mol. The van der Waals surface area contributed by atoms with E-state index in [0.29, 0.717) is 18.2 Å². The average Bonchev–Trinajstić information content (AvgIpc) is 2.76. The van der Waals surface area contributed by atoms with E-state index in [2.05, 4.69) is 41.4 Å². The van der Waals surface area contributed by atoms with Crippen LogP contribution >= 0.6 is 0 Å². The SMILES string of the molecule is CCOC(=O)/C(=C/[Se]c1ccccc1)C(=NC1CCCCC1)[Se]c1ccccc1. The normalized spacial score (nSPS) is 15.9. The molecule has 3 rings (SSSR count). The first-order valence-electron chi connectivity index (χ1n) is 10.2. The molecular weight excluding hydrogens is 492 g/mol. The van der Waals surface area contributed by atoms with Gasteiger partial charge in [-0.15, -0.1) is 0 Å². The van der Waals surface area contributed by atoms with E-state index in [9.17, 15) is 4.79 Å². The zero-order valence-corrected chi connectivity index (χ0v) is 20.2. The Labute approximate surface area is 186 Å². The zero-order chi connectivity index (χ0) is 20.3. The van der Waals surface area contributed by atoms with Gasteiger partial charge in [-0.3, -0.25) is 0 Å². The Morgan fingerprint density at radius 3 is 2.24 bits per heavy atom. The summed E-state index contributed by atoms with van der Waals surface area (Å²) in [6.07, 6.45) is 5.99. The molecule has 0 bridgehead atoms. The standard InChI is InChI=1S/C24H27NO2Se2/c1-2-27-24(26)22(18-28-20-14-8-4-9-15-20)23(25-19-12-6-3-7-13-19)29-21-16-10-5-11-17-21/h4-5,8-11,14-19H,2-3,6-7,12-13H2,1H3/b22-18+,25-23?. The molecule has 0 N–H and O–H groups in total. The second-order valence-corrected chi connectivity index (χ2v) is 11.0. The van der Waals surface area contributed by atoms with E-state index in [-0.39, 0.29) is 35.9 Å². The first-order chi connectivity index (χ1) is 14.3. The summed E-state index contributed by atoms with van der Waals surface area (Å²) >= 11 is 0.0352. The third-order valence-electron chi connectivity index (χ3n) is 4.61. The summed E-state index contributed by atoms with van der Waals surface area (Å²) in [4.78, 5) is 20.1. The van der Waals surface area contributed by atoms with Crippen molar-refractivity contribution < 1.29 is 9.53 Å². The predicted octanol–water partition coefficient (Wildman–Crippen LogP) is 3.22. The quantitative estimate of drug-likeness (QED) is 0.233. The number of aliphatic imine (C=N–C) groups is 1. The maximum atomic E-state index is 12.9. The third kappa shape index (κ3) is 7.28. The molecule has 1 fully saturated rings. The van der Waals surface area contributed by atoms with E-state index in [1.807, 2.05) is 31.2 Å². The van der Waals surface area contributed by atoms with Crippen LogP contribution in [0.2, 0.25) is 0 Å². The van der Waals surface area contributed by atoms with Crippen molar-refractivity contribution in [2.24, 2.45) is 4.99 Å². The van der Waals surface area contributed by atoms with E-state index in [1.165, 1.54) is 28.2 Å². The first-order valence-corrected chi connectivity index (χ1v) is 13.7. The van der Waals surface area contributed by atoms with Crippen molar-refractivity contribution in [1.82, 2.24) is 0 Å². The number of nitrogens with zero attached hydrogens (tertiary/aromatic N) is 1. The maximum absolute atomic E-state index is 12.9. The van der Waals surface area contributed by atoms with Gasteiger partial charge in [0.1, 0.15) is 0 Å². The molecule has 2 aromatic rings. The number of carbonyl (C=O) groups is 1. The van der Waals surface area contributed by atoms with Crippen LogP contribution in [0.4, 0.5) is 0 Å². The van der Waals surface area contributed by atoms with Gasteiger partial charge < -0.3 is 0 Å². The minimum atomic E-state index is -0.238. The van der Waals surface area contributed by atoms with Crippen LogP contribution in [0, 0.1) is 0 Å². The third-order valence-corrected chi connectivity index (χ3v) is 8.65. The van der Waals surface area contributed by atoms with Crippen LogP contribution in [-0.4, -0.2) is 53.1 Å². The van der Waals surface area contributed by atoms with Crippen LogP contribution in [0.3, 0.4) is 0 Å². The molecule has 0 aromatic heterocycles. The number of rotatable bonds is 8. The molecule has 2 aromatic carbocycles. The number of carbonyl (C=O) groups excluding carboxylic acids is 1. The molecule has 29 heavy (non-hydrogen) atoms. The fraction of sp³-hybridized carbons (Fsp3) is 0.333. The second-order valence-electron chi connectivity index (χ2n) is 6.82. The van der Waals surface area contributed by atoms with Crippen LogP contribution in [0.15, 0.2) is 76.2 Å². The summed E-state index contributed by atoms with van der Waals surface area (Å²) < 4.78 is 8.84. The molecule has 0 heterocycles. The molecule has 0 unspecified atom stereocenters. The molecule has 1 aliphatic carbocycles. The van der Waals surface area contributed by atoms with E-state index >= 15 is 0 Å². The zero-order valence-electron chi connectivity index (χ0n) is 16.8. The number of hydrogen-bond acceptors (Lipinski definition) is 3. The van der Waals surface area contributed by atoms with Gasteiger partial charge in [-0.2, -0.15) is 0 Å². The summed E-state index contributed by atoms with van der Waals surface area (Å²) in [5.74, 6) is -0.238. The second kappa shape index (κ2) is 12.1. The number of ether oxygens (including phenoxy) is 1. The van der Waals surface area contributed by atoms with Gasteiger partial charge >= 0.3 is 187 Å². The summed E-state index contributed by atoms with van der Waals surface area (Å²) in [5.41, 5.74) is 0.671. The van der Waals surface area contributed by atoms with Gasteiger partial charge in [0.25, 0.3) is 0 Å². The monoisotopic (exact) mass is 521 g/mol. The molecule has 0 spiro atoms. The molecule has 0 radical (unpaired) electrons. The van der Waals surface area contributed by atoms with Crippen molar-refractivity contribution in [2.75, 3.05) is 6.61 Å². The van der Waals surface area contributed by atoms with Crippen molar-refractivity contribution >= 4 is 49.4 Å². The summed E-state index contributed by atoms with van der Waals surface area (Å²) in [6, 6.07) is 21.0. The minimum absolute atomic E-state index is 0.0237. The summed E-state index contributed by atoms with van der Waals surface area (Å²) in [6.45, 7) is 2.24. The van der Waals surface area contributed by atoms with Crippen LogP contribution in [0.25, 0.3) is 0 Å². The van der Waals surface area contributed by atoms with Crippen LogP contribution in [0.5, 0.6) is 0 Å². The van der Waals surface area contributed by atoms with E-state index in [1.54, 1.807) is 0 Å². The van der Waals surface area contributed by atoms with E-state index < -0.39 is 0 Å². The van der Waals surface area contributed by atoms with Crippen molar-refractivity contribution in [1.29, 1.82) is 0 Å². The molecule has 0 atom stereocenters. The predicted molar refractivity (Wildman–Crippen MR) is 123 cm³/mol. The molecule has 0 amide bonds. The molecule has 1 aliphatic rings. The fourth-order valence-corrected chi connectivity index (χ4v) is 7.19. The van der Waals surface area contributed by atoms with Crippen molar-refractivity contribution in [3.8, 4) is 0 Å². The first kappa shape index (κ1) is 22.1. The van der Waals surface area contributed by atoms with Crippen LogP contribution in [0.1, 0.15) is 39.0 Å². The van der Waals surface area contributed by atoms with Gasteiger partial charge in [0.2, 0.25) is 0 Å². The molecule has 1 saturated carbocycles. The molecule has 152 valence electrons. The Morgan fingerprint density at radius 2 is 1.62 bits per heavy atom. The Morgan fingerprint density at radius 1 is 1.00 bits per heavy atom. The fourth-order valence-electron chi connectivity index (χ4n) is 3.15. The number of hydrogen-bond donors (Lipinski definition) is 0. The van der Waals surface area contributed by atoms with Gasteiger partial charge in [-0.25, -0.2) is 0 Å². The molecule has 0 aliphatic heterocycles. The van der Waals surface area contributed by atoms with Gasteiger partial charge in [-0.05, 0) is 0 Å². The van der Waals surface area contributed by atoms with E-state index in [4.69, 9.17) is 9.73 Å². The van der Waals surface area contributed by atoms with Crippen LogP contribution < -0.4 is 8.92 Å². The van der Waals surface area contributed by atoms with Gasteiger partial charge in [0.05, 0.1) is 0 Å². The van der Waals surface area contributed by atoms with Crippen molar-refractivity contribution in [2.45, 2.75) is 45.1 Å². The Kier molecular flexibility index (Phi) is 9.24. The molecule has 0 saturated heterocycles. The molecular formula is C24H27NO2Se2. The Balaban J connectivity index is 1.93. The van der Waals surface area contributed by atoms with Gasteiger partial charge in [0, 0.05) is 0 Å². The molecule has 3 nitrogen and oxygen atoms in total. The van der Waals surface area contributed by atoms with E-state index in [0.717, 1.165) is 17.5 Å². The number of esters is 1. The topological polar surface area (TPSA) is 38.7 Å². The summed E-state index contributed by atoms with van der Waals surface area (Å²) in [7, 11) is 0. The molecule has 5 heteroatoms. The van der Waals surface area contributed by atoms with Crippen molar-refractivity contribution in [3.63, 3.8) is 0 Å². The van der Waals surface area contributed by atoms with Gasteiger partial charge in [0.15, 0.2) is 0 Å². The number of benzene rings is 2. The summed E-state index contributed by atoms with van der Waals surface area (Å²) in [5, 5.41) is 0. The van der Waals surface area contributed by atoms with Gasteiger partial charge in [-0.1, -0.05) is 0 Å². The van der Waals surface area contributed by atoms with Crippen molar-refractivity contribution in [3.05, 3.63) is 71.2 Å².